The average molecular weight is 261 g/mol. The van der Waals surface area contributed by atoms with Gasteiger partial charge in [-0.15, -0.1) is 0 Å². The van der Waals surface area contributed by atoms with Crippen molar-refractivity contribution in [3.63, 3.8) is 0 Å². The van der Waals surface area contributed by atoms with Crippen LogP contribution in [0.2, 0.25) is 0 Å². The monoisotopic (exact) mass is 261 g/mol. The Morgan fingerprint density at radius 3 is 2.84 bits per heavy atom. The summed E-state index contributed by atoms with van der Waals surface area (Å²) in [5.74, 6) is -0.0151. The van der Waals surface area contributed by atoms with Gasteiger partial charge in [0.1, 0.15) is 0 Å². The van der Waals surface area contributed by atoms with Crippen molar-refractivity contribution < 1.29 is 9.90 Å². The van der Waals surface area contributed by atoms with Crippen molar-refractivity contribution in [3.8, 4) is 0 Å². The smallest absolute Gasteiger partial charge is 0.335 e. The fourth-order valence-corrected chi connectivity index (χ4v) is 2.73. The number of hydrogen-bond acceptors (Lipinski definition) is 2. The molecule has 1 aliphatic heterocycles. The molecule has 1 unspecified atom stereocenters. The summed E-state index contributed by atoms with van der Waals surface area (Å²) < 4.78 is 0. The summed E-state index contributed by atoms with van der Waals surface area (Å²) >= 11 is 0. The number of carbonyl (C=O) groups is 1. The number of rotatable bonds is 3. The molecule has 1 heterocycles. The fraction of sp³-hybridized carbons (Fsp3) is 0.562. The van der Waals surface area contributed by atoms with Gasteiger partial charge >= 0.3 is 5.97 Å². The second-order valence-corrected chi connectivity index (χ2v) is 5.76. The van der Waals surface area contributed by atoms with E-state index in [9.17, 15) is 4.79 Å². The van der Waals surface area contributed by atoms with Crippen LogP contribution in [0, 0.1) is 12.8 Å². The summed E-state index contributed by atoms with van der Waals surface area (Å²) in [6, 6.07) is 5.45. The Bertz CT molecular complexity index is 456. The highest BCUT2D eigenvalue weighted by Gasteiger charge is 2.15. The average Bonchev–Trinajstić information content (AvgIpc) is 2.57. The molecule has 0 aromatic heterocycles. The van der Waals surface area contributed by atoms with Crippen LogP contribution >= 0.6 is 0 Å². The standard InChI is InChI=1S/C16H23NO2/c1-12-4-3-8-17(9-7-12)11-15-6-5-14(16(18)19)10-13(15)2/h5-6,10,12H,3-4,7-9,11H2,1-2H3,(H,18,19). The Morgan fingerprint density at radius 1 is 1.37 bits per heavy atom. The Kier molecular flexibility index (Phi) is 4.59. The van der Waals surface area contributed by atoms with Crippen molar-refractivity contribution in [1.29, 1.82) is 0 Å². The predicted molar refractivity (Wildman–Crippen MR) is 76.4 cm³/mol. The molecule has 1 aliphatic rings. The summed E-state index contributed by atoms with van der Waals surface area (Å²) in [4.78, 5) is 13.4. The van der Waals surface area contributed by atoms with Crippen LogP contribution in [-0.4, -0.2) is 29.1 Å². The van der Waals surface area contributed by atoms with Crippen LogP contribution < -0.4 is 0 Å². The lowest BCUT2D eigenvalue weighted by Gasteiger charge is -2.21. The minimum atomic E-state index is -0.849. The lowest BCUT2D eigenvalue weighted by molar-refractivity contribution is 0.0696. The zero-order valence-corrected chi connectivity index (χ0v) is 11.9. The molecule has 0 bridgehead atoms. The van der Waals surface area contributed by atoms with Crippen LogP contribution in [0.15, 0.2) is 18.2 Å². The van der Waals surface area contributed by atoms with Crippen molar-refractivity contribution >= 4 is 5.97 Å². The first-order valence-electron chi connectivity index (χ1n) is 7.11. The highest BCUT2D eigenvalue weighted by atomic mass is 16.4. The van der Waals surface area contributed by atoms with E-state index < -0.39 is 5.97 Å². The van der Waals surface area contributed by atoms with E-state index >= 15 is 0 Å². The Balaban J connectivity index is 2.04. The van der Waals surface area contributed by atoms with Crippen LogP contribution in [0.1, 0.15) is 47.7 Å². The second-order valence-electron chi connectivity index (χ2n) is 5.76. The van der Waals surface area contributed by atoms with E-state index in [1.165, 1.54) is 24.8 Å². The lowest BCUT2D eigenvalue weighted by atomic mass is 10.0. The van der Waals surface area contributed by atoms with E-state index in [0.717, 1.165) is 31.1 Å². The van der Waals surface area contributed by atoms with Crippen molar-refractivity contribution in [2.75, 3.05) is 13.1 Å². The summed E-state index contributed by atoms with van der Waals surface area (Å²) in [6.45, 7) is 7.59. The largest absolute Gasteiger partial charge is 0.478 e. The van der Waals surface area contributed by atoms with Gasteiger partial charge in [0.05, 0.1) is 5.56 Å². The molecule has 1 N–H and O–H groups in total. The minimum Gasteiger partial charge on any atom is -0.478 e. The Morgan fingerprint density at radius 2 is 2.16 bits per heavy atom. The zero-order chi connectivity index (χ0) is 13.8. The molecule has 2 rings (SSSR count). The first kappa shape index (κ1) is 14.1. The lowest BCUT2D eigenvalue weighted by Crippen LogP contribution is -2.24. The van der Waals surface area contributed by atoms with Crippen LogP contribution in [0.5, 0.6) is 0 Å². The molecule has 0 saturated carbocycles. The quantitative estimate of drug-likeness (QED) is 0.907. The molecule has 0 radical (unpaired) electrons. The number of likely N-dealkylation sites (tertiary alicyclic amines) is 1. The number of carboxylic acids is 1. The third kappa shape index (κ3) is 3.80. The Labute approximate surface area is 115 Å². The molecule has 1 saturated heterocycles. The number of hydrogen-bond donors (Lipinski definition) is 1. The molecule has 3 nitrogen and oxygen atoms in total. The number of carboxylic acid groups (broad SMARTS) is 1. The summed E-state index contributed by atoms with van der Waals surface area (Å²) in [7, 11) is 0. The van der Waals surface area contributed by atoms with Gasteiger partial charge in [-0.25, -0.2) is 4.79 Å². The normalized spacial score (nSPS) is 21.1. The van der Waals surface area contributed by atoms with E-state index in [1.807, 2.05) is 13.0 Å². The highest BCUT2D eigenvalue weighted by molar-refractivity contribution is 5.87. The molecule has 1 aromatic carbocycles. The van der Waals surface area contributed by atoms with Gasteiger partial charge in [-0.3, -0.25) is 4.90 Å². The van der Waals surface area contributed by atoms with E-state index in [1.54, 1.807) is 12.1 Å². The summed E-state index contributed by atoms with van der Waals surface area (Å²) in [5.41, 5.74) is 2.71. The van der Waals surface area contributed by atoms with Gasteiger partial charge in [0, 0.05) is 6.54 Å². The van der Waals surface area contributed by atoms with E-state index in [2.05, 4.69) is 11.8 Å². The highest BCUT2D eigenvalue weighted by Crippen LogP contribution is 2.20. The number of aryl methyl sites for hydroxylation is 1. The van der Waals surface area contributed by atoms with Crippen LogP contribution in [0.3, 0.4) is 0 Å². The molecule has 19 heavy (non-hydrogen) atoms. The van der Waals surface area contributed by atoms with Gasteiger partial charge in [0.15, 0.2) is 0 Å². The van der Waals surface area contributed by atoms with Crippen LogP contribution in [-0.2, 0) is 6.54 Å². The topological polar surface area (TPSA) is 40.5 Å². The molecular formula is C16H23NO2. The van der Waals surface area contributed by atoms with Gasteiger partial charge in [-0.2, -0.15) is 0 Å². The van der Waals surface area contributed by atoms with Crippen LogP contribution in [0.25, 0.3) is 0 Å². The van der Waals surface area contributed by atoms with Crippen molar-refractivity contribution in [1.82, 2.24) is 4.90 Å². The maximum Gasteiger partial charge on any atom is 0.335 e. The molecule has 0 amide bonds. The van der Waals surface area contributed by atoms with Crippen LogP contribution in [0.4, 0.5) is 0 Å². The van der Waals surface area contributed by atoms with Gasteiger partial charge in [-0.05, 0) is 68.5 Å². The van der Waals surface area contributed by atoms with E-state index in [-0.39, 0.29) is 0 Å². The third-order valence-corrected chi connectivity index (χ3v) is 4.09. The van der Waals surface area contributed by atoms with Gasteiger partial charge in [0.2, 0.25) is 0 Å². The SMILES string of the molecule is Cc1cc(C(=O)O)ccc1CN1CCCC(C)CC1. The van der Waals surface area contributed by atoms with E-state index in [4.69, 9.17) is 5.11 Å². The molecule has 0 spiro atoms. The first-order valence-corrected chi connectivity index (χ1v) is 7.11. The van der Waals surface area contributed by atoms with Gasteiger partial charge in [0.25, 0.3) is 0 Å². The molecule has 1 aromatic rings. The minimum absolute atomic E-state index is 0.380. The fourth-order valence-electron chi connectivity index (χ4n) is 2.73. The molecule has 1 atom stereocenters. The maximum atomic E-state index is 10.9. The summed E-state index contributed by atoms with van der Waals surface area (Å²) in [5, 5.41) is 8.98. The molecule has 3 heteroatoms. The number of aromatic carboxylic acids is 1. The maximum absolute atomic E-state index is 10.9. The van der Waals surface area contributed by atoms with Gasteiger partial charge in [-0.1, -0.05) is 13.0 Å². The Hall–Kier alpha value is -1.35. The molecular weight excluding hydrogens is 238 g/mol. The number of benzene rings is 1. The first-order chi connectivity index (χ1) is 9.06. The summed E-state index contributed by atoms with van der Waals surface area (Å²) in [6.07, 6.45) is 3.87. The zero-order valence-electron chi connectivity index (χ0n) is 11.9. The van der Waals surface area contributed by atoms with Crippen molar-refractivity contribution in [2.45, 2.75) is 39.7 Å². The van der Waals surface area contributed by atoms with Crippen molar-refractivity contribution in [3.05, 3.63) is 34.9 Å². The third-order valence-electron chi connectivity index (χ3n) is 4.09. The second kappa shape index (κ2) is 6.20. The molecule has 1 fully saturated rings. The predicted octanol–water partition coefficient (Wildman–Crippen LogP) is 3.32. The van der Waals surface area contributed by atoms with E-state index in [0.29, 0.717) is 5.56 Å². The van der Waals surface area contributed by atoms with Gasteiger partial charge < -0.3 is 5.11 Å². The van der Waals surface area contributed by atoms with Crippen molar-refractivity contribution in [2.24, 2.45) is 5.92 Å². The molecule has 0 aliphatic carbocycles. The number of nitrogens with zero attached hydrogens (tertiary/aromatic N) is 1. The molecule has 104 valence electrons.